The van der Waals surface area contributed by atoms with Gasteiger partial charge in [0.25, 0.3) is 0 Å². The molecule has 0 unspecified atom stereocenters. The molecule has 0 N–H and O–H groups in total. The molecular formula is C32H43NO3SSi. The van der Waals surface area contributed by atoms with Crippen molar-refractivity contribution in [3.05, 3.63) is 83.1 Å². The van der Waals surface area contributed by atoms with Gasteiger partial charge < -0.3 is 14.1 Å². The first kappa shape index (κ1) is 28.7. The van der Waals surface area contributed by atoms with Crippen LogP contribution in [-0.2, 0) is 14.0 Å². The third kappa shape index (κ3) is 5.98. The Morgan fingerprint density at radius 3 is 2.13 bits per heavy atom. The summed E-state index contributed by atoms with van der Waals surface area (Å²) in [6.07, 6.45) is 3.14. The Labute approximate surface area is 235 Å². The molecule has 6 heteroatoms. The van der Waals surface area contributed by atoms with E-state index in [4.69, 9.17) is 21.4 Å². The van der Waals surface area contributed by atoms with E-state index in [-0.39, 0.29) is 35.3 Å². The van der Waals surface area contributed by atoms with Crippen molar-refractivity contribution in [1.82, 2.24) is 4.90 Å². The second-order valence-electron chi connectivity index (χ2n) is 12.3. The smallest absolute Gasteiger partial charge is 0.302 e. The van der Waals surface area contributed by atoms with Crippen molar-refractivity contribution in [2.24, 2.45) is 0 Å². The van der Waals surface area contributed by atoms with Gasteiger partial charge in [0, 0.05) is 23.9 Å². The number of carbonyl (C=O) groups excluding carboxylic acids is 1. The first-order valence-corrected chi connectivity index (χ1v) is 17.2. The van der Waals surface area contributed by atoms with E-state index < -0.39 is 8.32 Å². The minimum atomic E-state index is -2.19. The van der Waals surface area contributed by atoms with Crippen LogP contribution in [0.3, 0.4) is 0 Å². The van der Waals surface area contributed by atoms with Crippen LogP contribution in [0.1, 0.15) is 83.6 Å². The fourth-order valence-corrected chi connectivity index (χ4v) is 7.15. The number of benzene rings is 2. The highest BCUT2D eigenvalue weighted by atomic mass is 32.1. The van der Waals surface area contributed by atoms with Crippen LogP contribution in [-0.4, -0.2) is 36.2 Å². The predicted molar refractivity (Wildman–Crippen MR) is 162 cm³/mol. The van der Waals surface area contributed by atoms with Crippen molar-refractivity contribution >= 4 is 31.4 Å². The minimum absolute atomic E-state index is 0.0296. The van der Waals surface area contributed by atoms with Crippen molar-refractivity contribution < 1.29 is 14.0 Å². The van der Waals surface area contributed by atoms with Crippen LogP contribution in [0.15, 0.2) is 71.9 Å². The molecule has 38 heavy (non-hydrogen) atoms. The van der Waals surface area contributed by atoms with Gasteiger partial charge in [-0.2, -0.15) is 0 Å². The van der Waals surface area contributed by atoms with Crippen LogP contribution >= 0.6 is 12.2 Å². The average molecular weight is 550 g/mol. The fourth-order valence-electron chi connectivity index (χ4n) is 5.55. The number of thiocarbonyl (C=S) groups is 1. The molecule has 0 spiro atoms. The van der Waals surface area contributed by atoms with Crippen molar-refractivity contribution in [3.63, 3.8) is 0 Å². The lowest BCUT2D eigenvalue weighted by Crippen LogP contribution is -2.52. The number of esters is 1. The first-order valence-electron chi connectivity index (χ1n) is 13.9. The number of ether oxygens (including phenoxy) is 1. The molecule has 4 rings (SSSR count). The number of rotatable bonds is 7. The quantitative estimate of drug-likeness (QED) is 0.197. The van der Waals surface area contributed by atoms with E-state index >= 15 is 0 Å². The lowest BCUT2D eigenvalue weighted by molar-refractivity contribution is -0.151. The summed E-state index contributed by atoms with van der Waals surface area (Å²) in [5.41, 5.74) is 4.84. The van der Waals surface area contributed by atoms with Crippen LogP contribution in [0.4, 0.5) is 0 Å². The molecule has 4 atom stereocenters. The highest BCUT2D eigenvalue weighted by Crippen LogP contribution is 2.49. The molecule has 1 heterocycles. The monoisotopic (exact) mass is 549 g/mol. The molecule has 0 amide bonds. The maximum atomic E-state index is 12.2. The van der Waals surface area contributed by atoms with E-state index in [1.165, 1.54) is 23.8 Å². The van der Waals surface area contributed by atoms with E-state index in [1.54, 1.807) is 0 Å². The van der Waals surface area contributed by atoms with Crippen LogP contribution in [0.5, 0.6) is 0 Å². The number of carbonyl (C=O) groups is 1. The van der Waals surface area contributed by atoms with Gasteiger partial charge in [0.15, 0.2) is 8.32 Å². The lowest BCUT2D eigenvalue weighted by Gasteiger charge is -2.52. The maximum Gasteiger partial charge on any atom is 0.302 e. The van der Waals surface area contributed by atoms with E-state index in [0.29, 0.717) is 6.42 Å². The molecular weight excluding hydrogens is 507 g/mol. The molecule has 204 valence electrons. The Bertz CT molecular complexity index is 1170. The molecule has 0 fully saturated rings. The summed E-state index contributed by atoms with van der Waals surface area (Å²) in [6, 6.07) is 21.2. The number of allylic oxidation sites excluding steroid dienone is 1. The Hall–Kier alpha value is -2.28. The van der Waals surface area contributed by atoms with Crippen LogP contribution in [0.2, 0.25) is 18.1 Å². The van der Waals surface area contributed by atoms with Gasteiger partial charge in [-0.1, -0.05) is 93.7 Å². The number of hydrogen-bond donors (Lipinski definition) is 0. The number of hydrogen-bond acceptors (Lipinski definition) is 5. The van der Waals surface area contributed by atoms with Crippen molar-refractivity contribution in [2.45, 2.75) is 103 Å². The second-order valence-corrected chi connectivity index (χ2v) is 17.5. The summed E-state index contributed by atoms with van der Waals surface area (Å²) in [4.78, 5) is 15.7. The largest absolute Gasteiger partial charge is 0.460 e. The molecule has 0 aromatic heterocycles. The molecule has 1 aliphatic heterocycles. The van der Waals surface area contributed by atoms with Gasteiger partial charge in [0.1, 0.15) is 6.10 Å². The van der Waals surface area contributed by atoms with Crippen LogP contribution < -0.4 is 0 Å². The van der Waals surface area contributed by atoms with E-state index in [9.17, 15) is 4.79 Å². The van der Waals surface area contributed by atoms with Gasteiger partial charge in [-0.3, -0.25) is 4.79 Å². The zero-order valence-corrected chi connectivity index (χ0v) is 25.8. The molecule has 1 aliphatic carbocycles. The van der Waals surface area contributed by atoms with Crippen molar-refractivity contribution in [2.75, 3.05) is 0 Å². The third-order valence-corrected chi connectivity index (χ3v) is 13.5. The molecule has 0 bridgehead atoms. The van der Waals surface area contributed by atoms with Gasteiger partial charge in [-0.05, 0) is 61.0 Å². The van der Waals surface area contributed by atoms with E-state index in [2.05, 4.69) is 106 Å². The van der Waals surface area contributed by atoms with Gasteiger partial charge in [-0.25, -0.2) is 0 Å². The van der Waals surface area contributed by atoms with Crippen molar-refractivity contribution in [3.8, 4) is 0 Å². The average Bonchev–Trinajstić information content (AvgIpc) is 2.86. The fraction of sp³-hybridized carbons (Fsp3) is 0.500. The van der Waals surface area contributed by atoms with Gasteiger partial charge in [0.05, 0.1) is 18.2 Å². The Balaban J connectivity index is 1.95. The summed E-state index contributed by atoms with van der Waals surface area (Å²) in [6.45, 7) is 15.2. The van der Waals surface area contributed by atoms with Crippen LogP contribution in [0.25, 0.3) is 0 Å². The second kappa shape index (κ2) is 11.4. The highest BCUT2D eigenvalue weighted by Gasteiger charge is 2.47. The van der Waals surface area contributed by atoms with E-state index in [1.807, 2.05) is 0 Å². The Morgan fingerprint density at radius 1 is 1.00 bits per heavy atom. The predicted octanol–water partition coefficient (Wildman–Crippen LogP) is 8.32. The molecule has 2 aromatic rings. The molecule has 2 aromatic carbocycles. The van der Waals surface area contributed by atoms with E-state index in [0.717, 1.165) is 29.7 Å². The third-order valence-electron chi connectivity index (χ3n) is 8.60. The zero-order valence-electron chi connectivity index (χ0n) is 24.0. The highest BCUT2D eigenvalue weighted by molar-refractivity contribution is 7.80. The summed E-state index contributed by atoms with van der Waals surface area (Å²) in [7, 11) is -2.19. The minimum Gasteiger partial charge on any atom is -0.460 e. The van der Waals surface area contributed by atoms with Gasteiger partial charge >= 0.3 is 5.97 Å². The van der Waals surface area contributed by atoms with Crippen LogP contribution in [0, 0.1) is 0 Å². The normalized spacial score (nSPS) is 22.1. The standard InChI is InChI=1S/C32H43NO3SSi/c1-22-28(35-23(2)34)21-26-27(19-14-20-29(26)37)33(22)30(24-15-10-8-11-16-24)31(25-17-12-9-13-18-25)36-38(6,7)32(3,4)5/h8-13,15-18,22,28,30-31H,14,19-21H2,1-7H3/t22-,28+,30-,31+/m0/s1. The molecule has 0 radical (unpaired) electrons. The summed E-state index contributed by atoms with van der Waals surface area (Å²) < 4.78 is 13.3. The molecule has 0 saturated carbocycles. The van der Waals surface area contributed by atoms with Gasteiger partial charge in [-0.15, -0.1) is 0 Å². The Morgan fingerprint density at radius 2 is 1.58 bits per heavy atom. The number of nitrogens with zero attached hydrogens (tertiary/aromatic N) is 1. The first-order chi connectivity index (χ1) is 17.9. The molecule has 4 nitrogen and oxygen atoms in total. The zero-order chi connectivity index (χ0) is 27.7. The molecule has 2 aliphatic rings. The topological polar surface area (TPSA) is 38.8 Å². The molecule has 0 saturated heterocycles. The Kier molecular flexibility index (Phi) is 8.65. The van der Waals surface area contributed by atoms with Gasteiger partial charge in [0.2, 0.25) is 0 Å². The van der Waals surface area contributed by atoms with Crippen molar-refractivity contribution in [1.29, 1.82) is 0 Å². The summed E-state index contributed by atoms with van der Waals surface area (Å²) >= 11 is 5.91. The lowest BCUT2D eigenvalue weighted by atomic mass is 9.82. The maximum absolute atomic E-state index is 12.2. The summed E-state index contributed by atoms with van der Waals surface area (Å²) in [5, 5.41) is 0.0475. The summed E-state index contributed by atoms with van der Waals surface area (Å²) in [5.74, 6) is -0.249. The SMILES string of the molecule is CC(=O)O[C@@H]1CC2=C(CCCC2=S)N([C@@H](c2ccccc2)[C@H](O[Si](C)(C)C(C)(C)C)c2ccccc2)[C@H]1C.